The number of carboxylic acid groups (broad SMARTS) is 1. The minimum Gasteiger partial charge on any atom is -0.481 e. The number of nitrogens with zero attached hydrogens (tertiary/aromatic N) is 1. The van der Waals surface area contributed by atoms with Gasteiger partial charge in [0.1, 0.15) is 0 Å². The second kappa shape index (κ2) is 6.21. The summed E-state index contributed by atoms with van der Waals surface area (Å²) in [5.41, 5.74) is -0.709. The molecule has 1 aliphatic heterocycles. The fourth-order valence-electron chi connectivity index (χ4n) is 2.79. The van der Waals surface area contributed by atoms with Crippen LogP contribution in [-0.2, 0) is 9.59 Å². The van der Waals surface area contributed by atoms with Gasteiger partial charge in [0.15, 0.2) is 0 Å². The topological polar surface area (TPSA) is 57.6 Å². The Kier molecular flexibility index (Phi) is 5.17. The minimum atomic E-state index is -0.744. The molecular formula is C14H25NO3. The van der Waals surface area contributed by atoms with Crippen molar-refractivity contribution in [3.05, 3.63) is 0 Å². The van der Waals surface area contributed by atoms with Gasteiger partial charge in [-0.25, -0.2) is 0 Å². The lowest BCUT2D eigenvalue weighted by Crippen LogP contribution is -2.50. The zero-order valence-corrected chi connectivity index (χ0v) is 11.7. The number of carbonyl (C=O) groups is 2. The molecule has 0 aromatic rings. The Morgan fingerprint density at radius 3 is 2.56 bits per heavy atom. The lowest BCUT2D eigenvalue weighted by molar-refractivity contribution is -0.155. The first-order chi connectivity index (χ1) is 8.41. The number of carbonyl (C=O) groups excluding carboxylic acids is 1. The highest BCUT2D eigenvalue weighted by Gasteiger charge is 2.42. The van der Waals surface area contributed by atoms with Crippen LogP contribution in [0.15, 0.2) is 0 Å². The zero-order chi connectivity index (χ0) is 13.8. The molecule has 1 saturated heterocycles. The summed E-state index contributed by atoms with van der Waals surface area (Å²) in [7, 11) is 0. The van der Waals surface area contributed by atoms with E-state index in [-0.39, 0.29) is 5.91 Å². The van der Waals surface area contributed by atoms with Crippen LogP contribution >= 0.6 is 0 Å². The molecule has 1 unspecified atom stereocenters. The van der Waals surface area contributed by atoms with Crippen molar-refractivity contribution in [1.29, 1.82) is 0 Å². The number of hydrogen-bond donors (Lipinski definition) is 1. The normalized spacial score (nSPS) is 24.3. The lowest BCUT2D eigenvalue weighted by atomic mass is 9.76. The number of aliphatic carboxylic acids is 1. The Labute approximate surface area is 109 Å². The third kappa shape index (κ3) is 3.47. The van der Waals surface area contributed by atoms with Crippen molar-refractivity contribution < 1.29 is 14.7 Å². The maximum atomic E-state index is 12.1. The summed E-state index contributed by atoms with van der Waals surface area (Å²) >= 11 is 0. The van der Waals surface area contributed by atoms with Gasteiger partial charge in [-0.2, -0.15) is 0 Å². The first kappa shape index (κ1) is 15.0. The third-order valence-corrected chi connectivity index (χ3v) is 3.69. The van der Waals surface area contributed by atoms with E-state index in [0.717, 1.165) is 12.8 Å². The van der Waals surface area contributed by atoms with Gasteiger partial charge in [-0.3, -0.25) is 9.59 Å². The van der Waals surface area contributed by atoms with Gasteiger partial charge in [0.25, 0.3) is 0 Å². The van der Waals surface area contributed by atoms with Crippen LogP contribution in [0, 0.1) is 11.3 Å². The third-order valence-electron chi connectivity index (χ3n) is 3.69. The summed E-state index contributed by atoms with van der Waals surface area (Å²) in [6.45, 7) is 7.13. The predicted octanol–water partition coefficient (Wildman–Crippen LogP) is 2.53. The van der Waals surface area contributed by atoms with Crippen molar-refractivity contribution in [3.63, 3.8) is 0 Å². The number of amides is 1. The van der Waals surface area contributed by atoms with Crippen LogP contribution < -0.4 is 0 Å². The maximum Gasteiger partial charge on any atom is 0.311 e. The SMILES string of the molecule is CCCC1(C(=O)O)CCCN(C(=O)CC(C)C)C1. The van der Waals surface area contributed by atoms with Gasteiger partial charge in [0, 0.05) is 19.5 Å². The molecule has 1 aliphatic rings. The van der Waals surface area contributed by atoms with Gasteiger partial charge in [-0.1, -0.05) is 27.2 Å². The predicted molar refractivity (Wildman–Crippen MR) is 70.2 cm³/mol. The highest BCUT2D eigenvalue weighted by Crippen LogP contribution is 2.35. The van der Waals surface area contributed by atoms with Crippen LogP contribution in [0.2, 0.25) is 0 Å². The van der Waals surface area contributed by atoms with Crippen molar-refractivity contribution in [2.75, 3.05) is 13.1 Å². The number of hydrogen-bond acceptors (Lipinski definition) is 2. The number of likely N-dealkylation sites (tertiary alicyclic amines) is 1. The largest absolute Gasteiger partial charge is 0.481 e. The first-order valence-corrected chi connectivity index (χ1v) is 6.92. The van der Waals surface area contributed by atoms with E-state index in [9.17, 15) is 14.7 Å². The van der Waals surface area contributed by atoms with Crippen molar-refractivity contribution in [2.24, 2.45) is 11.3 Å². The van der Waals surface area contributed by atoms with Gasteiger partial charge in [0.05, 0.1) is 5.41 Å². The smallest absolute Gasteiger partial charge is 0.311 e. The summed E-state index contributed by atoms with van der Waals surface area (Å²) in [4.78, 5) is 25.3. The first-order valence-electron chi connectivity index (χ1n) is 6.92. The Hall–Kier alpha value is -1.06. The van der Waals surface area contributed by atoms with Gasteiger partial charge in [-0.05, 0) is 25.2 Å². The van der Waals surface area contributed by atoms with E-state index < -0.39 is 11.4 Å². The van der Waals surface area contributed by atoms with E-state index in [1.165, 1.54) is 0 Å². The number of piperidine rings is 1. The fraction of sp³-hybridized carbons (Fsp3) is 0.857. The van der Waals surface area contributed by atoms with Gasteiger partial charge >= 0.3 is 5.97 Å². The van der Waals surface area contributed by atoms with Crippen LogP contribution in [0.4, 0.5) is 0 Å². The quantitative estimate of drug-likeness (QED) is 0.821. The molecular weight excluding hydrogens is 230 g/mol. The van der Waals surface area contributed by atoms with Crippen molar-refractivity contribution in [3.8, 4) is 0 Å². The number of carboxylic acids is 1. The molecule has 1 N–H and O–H groups in total. The van der Waals surface area contributed by atoms with Crippen molar-refractivity contribution >= 4 is 11.9 Å². The van der Waals surface area contributed by atoms with Gasteiger partial charge in [0.2, 0.25) is 5.91 Å². The van der Waals surface area contributed by atoms with Crippen LogP contribution in [-0.4, -0.2) is 35.0 Å². The highest BCUT2D eigenvalue weighted by atomic mass is 16.4. The molecule has 4 heteroatoms. The molecule has 1 atom stereocenters. The van der Waals surface area contributed by atoms with Gasteiger partial charge < -0.3 is 10.0 Å². The molecule has 0 aromatic heterocycles. The Balaban J connectivity index is 2.74. The molecule has 4 nitrogen and oxygen atoms in total. The van der Waals surface area contributed by atoms with Crippen LogP contribution in [0.3, 0.4) is 0 Å². The van der Waals surface area contributed by atoms with Gasteiger partial charge in [-0.15, -0.1) is 0 Å². The van der Waals surface area contributed by atoms with Crippen LogP contribution in [0.1, 0.15) is 52.9 Å². The minimum absolute atomic E-state index is 0.103. The lowest BCUT2D eigenvalue weighted by Gasteiger charge is -2.40. The molecule has 104 valence electrons. The maximum absolute atomic E-state index is 12.1. The molecule has 0 spiro atoms. The zero-order valence-electron chi connectivity index (χ0n) is 11.7. The second-order valence-corrected chi connectivity index (χ2v) is 5.85. The van der Waals surface area contributed by atoms with Crippen molar-refractivity contribution in [1.82, 2.24) is 4.90 Å². The molecule has 0 radical (unpaired) electrons. The Morgan fingerprint density at radius 2 is 2.06 bits per heavy atom. The monoisotopic (exact) mass is 255 g/mol. The van der Waals surface area contributed by atoms with E-state index in [0.29, 0.717) is 38.3 Å². The van der Waals surface area contributed by atoms with Crippen LogP contribution in [0.25, 0.3) is 0 Å². The molecule has 0 bridgehead atoms. The second-order valence-electron chi connectivity index (χ2n) is 5.85. The molecule has 0 saturated carbocycles. The fourth-order valence-corrected chi connectivity index (χ4v) is 2.79. The average Bonchev–Trinajstić information content (AvgIpc) is 2.28. The average molecular weight is 255 g/mol. The van der Waals surface area contributed by atoms with E-state index in [2.05, 4.69) is 0 Å². The molecule has 1 fully saturated rings. The Bertz CT molecular complexity index is 310. The Morgan fingerprint density at radius 1 is 1.39 bits per heavy atom. The van der Waals surface area contributed by atoms with Crippen molar-refractivity contribution in [2.45, 2.75) is 52.9 Å². The molecule has 1 amide bonds. The van der Waals surface area contributed by atoms with Crippen LogP contribution in [0.5, 0.6) is 0 Å². The standard InChI is InChI=1S/C14H25NO3/c1-4-6-14(13(17)18)7-5-8-15(10-14)12(16)9-11(2)3/h11H,4-10H2,1-3H3,(H,17,18). The summed E-state index contributed by atoms with van der Waals surface area (Å²) in [5.74, 6) is -0.317. The summed E-state index contributed by atoms with van der Waals surface area (Å²) in [5, 5.41) is 9.46. The van der Waals surface area contributed by atoms with E-state index in [1.54, 1.807) is 4.90 Å². The van der Waals surface area contributed by atoms with E-state index >= 15 is 0 Å². The molecule has 18 heavy (non-hydrogen) atoms. The molecule has 0 aliphatic carbocycles. The molecule has 1 heterocycles. The molecule has 0 aromatic carbocycles. The highest BCUT2D eigenvalue weighted by molar-refractivity contribution is 5.79. The summed E-state index contributed by atoms with van der Waals surface area (Å²) < 4.78 is 0. The van der Waals surface area contributed by atoms with E-state index in [1.807, 2.05) is 20.8 Å². The summed E-state index contributed by atoms with van der Waals surface area (Å²) in [6.07, 6.45) is 3.52. The molecule has 1 rings (SSSR count). The number of rotatable bonds is 5. The van der Waals surface area contributed by atoms with E-state index in [4.69, 9.17) is 0 Å². The summed E-state index contributed by atoms with van der Waals surface area (Å²) in [6, 6.07) is 0.